The molecule has 6 heteroatoms. The SMILES string of the molecule is Cc1cc(C)cc(-c2cnc3ccn(C4C=CC(C(=O)O)=C(C5CCNCC5)C4)c3n2)c1. The van der Waals surface area contributed by atoms with Crippen molar-refractivity contribution in [3.63, 3.8) is 0 Å². The van der Waals surface area contributed by atoms with Crippen LogP contribution in [-0.2, 0) is 4.79 Å². The van der Waals surface area contributed by atoms with Crippen LogP contribution in [-0.4, -0.2) is 38.7 Å². The highest BCUT2D eigenvalue weighted by Crippen LogP contribution is 2.37. The average molecular weight is 429 g/mol. The fraction of sp³-hybridized carbons (Fsp3) is 0.346. The van der Waals surface area contributed by atoms with Crippen LogP contribution in [0.2, 0.25) is 0 Å². The topological polar surface area (TPSA) is 80.0 Å². The van der Waals surface area contributed by atoms with E-state index < -0.39 is 5.97 Å². The minimum atomic E-state index is -0.831. The first kappa shape index (κ1) is 20.6. The van der Waals surface area contributed by atoms with Crippen molar-refractivity contribution < 1.29 is 9.90 Å². The molecule has 6 nitrogen and oxygen atoms in total. The molecule has 1 unspecified atom stereocenters. The van der Waals surface area contributed by atoms with E-state index in [-0.39, 0.29) is 6.04 Å². The maximum atomic E-state index is 11.9. The largest absolute Gasteiger partial charge is 0.478 e. The molecule has 2 aromatic heterocycles. The zero-order chi connectivity index (χ0) is 22.2. The molecule has 1 atom stereocenters. The van der Waals surface area contributed by atoms with Crippen molar-refractivity contribution in [2.75, 3.05) is 13.1 Å². The van der Waals surface area contributed by atoms with Crippen molar-refractivity contribution in [1.82, 2.24) is 19.9 Å². The number of hydrogen-bond acceptors (Lipinski definition) is 4. The van der Waals surface area contributed by atoms with Gasteiger partial charge < -0.3 is 15.0 Å². The first-order chi connectivity index (χ1) is 15.5. The number of rotatable bonds is 4. The monoisotopic (exact) mass is 428 g/mol. The lowest BCUT2D eigenvalue weighted by Crippen LogP contribution is -2.30. The smallest absolute Gasteiger partial charge is 0.335 e. The molecule has 0 bridgehead atoms. The molecule has 0 spiro atoms. The number of nitrogens with zero attached hydrogens (tertiary/aromatic N) is 3. The van der Waals surface area contributed by atoms with Gasteiger partial charge in [-0.2, -0.15) is 0 Å². The molecule has 3 heterocycles. The van der Waals surface area contributed by atoms with Gasteiger partial charge in [-0.15, -0.1) is 0 Å². The highest BCUT2D eigenvalue weighted by molar-refractivity contribution is 5.91. The van der Waals surface area contributed by atoms with E-state index in [1.54, 1.807) is 6.08 Å². The average Bonchev–Trinajstić information content (AvgIpc) is 3.22. The summed E-state index contributed by atoms with van der Waals surface area (Å²) in [5.41, 5.74) is 7.52. The fourth-order valence-corrected chi connectivity index (χ4v) is 5.12. The number of piperidine rings is 1. The number of carboxylic acid groups (broad SMARTS) is 1. The minimum absolute atomic E-state index is 0.0317. The first-order valence-electron chi connectivity index (χ1n) is 11.3. The normalized spacial score (nSPS) is 19.6. The molecule has 2 N–H and O–H groups in total. The van der Waals surface area contributed by atoms with Crippen molar-refractivity contribution >= 4 is 17.1 Å². The lowest BCUT2D eigenvalue weighted by molar-refractivity contribution is -0.132. The second-order valence-corrected chi connectivity index (χ2v) is 8.96. The zero-order valence-corrected chi connectivity index (χ0v) is 18.5. The third kappa shape index (κ3) is 3.86. The van der Waals surface area contributed by atoms with Crippen LogP contribution in [0, 0.1) is 19.8 Å². The van der Waals surface area contributed by atoms with Crippen LogP contribution in [0.25, 0.3) is 22.4 Å². The number of aryl methyl sites for hydroxylation is 2. The third-order valence-corrected chi connectivity index (χ3v) is 6.62. The molecule has 1 aliphatic heterocycles. The van der Waals surface area contributed by atoms with Gasteiger partial charge in [0, 0.05) is 11.8 Å². The summed E-state index contributed by atoms with van der Waals surface area (Å²) < 4.78 is 2.14. The summed E-state index contributed by atoms with van der Waals surface area (Å²) in [7, 11) is 0. The molecule has 0 radical (unpaired) electrons. The van der Waals surface area contributed by atoms with Gasteiger partial charge in [0.1, 0.15) is 5.52 Å². The van der Waals surface area contributed by atoms with Crippen molar-refractivity contribution in [1.29, 1.82) is 0 Å². The third-order valence-electron chi connectivity index (χ3n) is 6.62. The molecular weight excluding hydrogens is 400 g/mol. The number of aromatic nitrogens is 3. The molecule has 3 aromatic rings. The second kappa shape index (κ2) is 8.36. The van der Waals surface area contributed by atoms with Gasteiger partial charge in [-0.1, -0.05) is 28.8 Å². The van der Waals surface area contributed by atoms with E-state index in [1.807, 2.05) is 24.5 Å². The van der Waals surface area contributed by atoms with E-state index in [2.05, 4.69) is 46.9 Å². The summed E-state index contributed by atoms with van der Waals surface area (Å²) in [6.07, 6.45) is 10.3. The van der Waals surface area contributed by atoms with Gasteiger partial charge in [0.15, 0.2) is 5.65 Å². The Kier molecular flexibility index (Phi) is 5.39. The first-order valence-corrected chi connectivity index (χ1v) is 11.3. The van der Waals surface area contributed by atoms with E-state index >= 15 is 0 Å². The molecule has 0 amide bonds. The highest BCUT2D eigenvalue weighted by Gasteiger charge is 2.28. The number of allylic oxidation sites excluding steroid dienone is 2. The van der Waals surface area contributed by atoms with Crippen LogP contribution in [0.15, 0.2) is 60.0 Å². The zero-order valence-electron chi connectivity index (χ0n) is 18.5. The van der Waals surface area contributed by atoms with Gasteiger partial charge in [0.25, 0.3) is 0 Å². The molecule has 1 aromatic carbocycles. The molecule has 32 heavy (non-hydrogen) atoms. The Balaban J connectivity index is 1.52. The molecule has 2 aliphatic rings. The predicted molar refractivity (Wildman–Crippen MR) is 125 cm³/mol. The van der Waals surface area contributed by atoms with Crippen LogP contribution in [0.4, 0.5) is 0 Å². The number of carboxylic acids is 1. The van der Waals surface area contributed by atoms with Gasteiger partial charge in [0.05, 0.1) is 23.5 Å². The molecule has 1 aliphatic carbocycles. The lowest BCUT2D eigenvalue weighted by atomic mass is 9.80. The van der Waals surface area contributed by atoms with Crippen LogP contribution < -0.4 is 5.32 Å². The van der Waals surface area contributed by atoms with Gasteiger partial charge in [-0.05, 0) is 76.4 Å². The number of fused-ring (bicyclic) bond motifs is 1. The van der Waals surface area contributed by atoms with Crippen molar-refractivity contribution in [2.45, 2.75) is 39.2 Å². The minimum Gasteiger partial charge on any atom is -0.478 e. The molecule has 1 fully saturated rings. The highest BCUT2D eigenvalue weighted by atomic mass is 16.4. The molecule has 0 saturated carbocycles. The van der Waals surface area contributed by atoms with E-state index in [0.29, 0.717) is 17.9 Å². The van der Waals surface area contributed by atoms with E-state index in [4.69, 9.17) is 4.98 Å². The lowest BCUT2D eigenvalue weighted by Gasteiger charge is -2.31. The molecule has 1 saturated heterocycles. The number of carbonyl (C=O) groups is 1. The Labute approximate surface area is 187 Å². The Hall–Kier alpha value is -3.25. The maximum Gasteiger partial charge on any atom is 0.335 e. The van der Waals surface area contributed by atoms with Crippen LogP contribution >= 0.6 is 0 Å². The quantitative estimate of drug-likeness (QED) is 0.635. The van der Waals surface area contributed by atoms with Crippen molar-refractivity contribution in [2.24, 2.45) is 5.92 Å². The van der Waals surface area contributed by atoms with E-state index in [9.17, 15) is 9.90 Å². The standard InChI is InChI=1S/C26H28N4O2/c1-16-11-17(2)13-19(12-16)24-15-28-23-7-10-30(25(23)29-24)20-3-4-21(26(31)32)22(14-20)18-5-8-27-9-6-18/h3-4,7,10-13,15,18,20,27H,5-6,8-9,14H2,1-2H3,(H,31,32). The Bertz CT molecular complexity index is 1230. The molecule has 5 rings (SSSR count). The molecular formula is C26H28N4O2. The predicted octanol–water partition coefficient (Wildman–Crippen LogP) is 4.60. The number of aliphatic carboxylic acids is 1. The van der Waals surface area contributed by atoms with E-state index in [1.165, 1.54) is 11.1 Å². The maximum absolute atomic E-state index is 11.9. The summed E-state index contributed by atoms with van der Waals surface area (Å²) in [5.74, 6) is -0.518. The second-order valence-electron chi connectivity index (χ2n) is 8.96. The number of benzene rings is 1. The van der Waals surface area contributed by atoms with Crippen LogP contribution in [0.1, 0.15) is 36.4 Å². The van der Waals surface area contributed by atoms with Gasteiger partial charge in [-0.25, -0.2) is 9.78 Å². The van der Waals surface area contributed by atoms with Crippen molar-refractivity contribution in [3.05, 3.63) is 71.1 Å². The van der Waals surface area contributed by atoms with E-state index in [0.717, 1.165) is 53.9 Å². The summed E-state index contributed by atoms with van der Waals surface area (Å²) in [5, 5.41) is 13.2. The Morgan fingerprint density at radius 1 is 1.16 bits per heavy atom. The summed E-state index contributed by atoms with van der Waals surface area (Å²) in [6, 6.07) is 8.44. The number of hydrogen-bond donors (Lipinski definition) is 2. The number of nitrogens with one attached hydrogen (secondary N) is 1. The Morgan fingerprint density at radius 2 is 1.91 bits per heavy atom. The van der Waals surface area contributed by atoms with Crippen molar-refractivity contribution in [3.8, 4) is 11.3 Å². The summed E-state index contributed by atoms with van der Waals surface area (Å²) in [6.45, 7) is 6.05. The summed E-state index contributed by atoms with van der Waals surface area (Å²) in [4.78, 5) is 21.6. The summed E-state index contributed by atoms with van der Waals surface area (Å²) >= 11 is 0. The van der Waals surface area contributed by atoms with Crippen LogP contribution in [0.5, 0.6) is 0 Å². The van der Waals surface area contributed by atoms with Crippen LogP contribution in [0.3, 0.4) is 0 Å². The van der Waals surface area contributed by atoms with Gasteiger partial charge in [0.2, 0.25) is 0 Å². The fourth-order valence-electron chi connectivity index (χ4n) is 5.12. The van der Waals surface area contributed by atoms with Gasteiger partial charge >= 0.3 is 5.97 Å². The molecule has 164 valence electrons. The Morgan fingerprint density at radius 3 is 2.62 bits per heavy atom. The van der Waals surface area contributed by atoms with Gasteiger partial charge in [-0.3, -0.25) is 4.98 Å².